The van der Waals surface area contributed by atoms with Gasteiger partial charge < -0.3 is 14.6 Å². The predicted octanol–water partition coefficient (Wildman–Crippen LogP) is 1.93. The van der Waals surface area contributed by atoms with Gasteiger partial charge in [0.25, 0.3) is 0 Å². The van der Waals surface area contributed by atoms with Crippen LogP contribution in [-0.2, 0) is 24.0 Å². The molecule has 0 aromatic carbocycles. The van der Waals surface area contributed by atoms with E-state index in [0.717, 1.165) is 0 Å². The molecule has 7 unspecified atom stereocenters. The maximum Gasteiger partial charge on any atom is 0.334 e. The van der Waals surface area contributed by atoms with Crippen LogP contribution in [0.4, 0.5) is 0 Å². The molecule has 25 heavy (non-hydrogen) atoms. The van der Waals surface area contributed by atoms with Crippen LogP contribution in [0.15, 0.2) is 24.3 Å². The standard InChI is InChI=1S/C19H26O6/c1-10(2)9-22-13-8-12-11(3)16(20)23-14(12)15-17(4)6-7-19(15,25-24-17)18(13,5)21/h6-7,10,12-15,21H,3,8-9H2,1-2,4-5H3. The maximum absolute atomic E-state index is 12.2. The van der Waals surface area contributed by atoms with Gasteiger partial charge in [0, 0.05) is 18.1 Å². The minimum atomic E-state index is -1.34. The number of fused-ring (bicyclic) bond motifs is 1. The van der Waals surface area contributed by atoms with E-state index >= 15 is 0 Å². The Bertz CT molecular complexity index is 652. The van der Waals surface area contributed by atoms with Gasteiger partial charge in [-0.3, -0.25) is 0 Å². The number of carbonyl (C=O) groups excluding carboxylic acids is 1. The summed E-state index contributed by atoms with van der Waals surface area (Å²) in [6, 6.07) is 0. The maximum atomic E-state index is 12.2. The first kappa shape index (κ1) is 17.2. The van der Waals surface area contributed by atoms with E-state index in [1.54, 1.807) is 6.92 Å². The highest BCUT2D eigenvalue weighted by Crippen LogP contribution is 2.61. The summed E-state index contributed by atoms with van der Waals surface area (Å²) in [6.07, 6.45) is 3.21. The third kappa shape index (κ3) is 2.08. The molecular formula is C19H26O6. The Labute approximate surface area is 147 Å². The Hall–Kier alpha value is -1.21. The van der Waals surface area contributed by atoms with Gasteiger partial charge in [-0.05, 0) is 32.3 Å². The largest absolute Gasteiger partial charge is 0.458 e. The lowest BCUT2D eigenvalue weighted by molar-refractivity contribution is -0.367. The van der Waals surface area contributed by atoms with Crippen molar-refractivity contribution in [2.24, 2.45) is 17.8 Å². The average molecular weight is 350 g/mol. The summed E-state index contributed by atoms with van der Waals surface area (Å²) in [5.74, 6) is -0.648. The van der Waals surface area contributed by atoms with Gasteiger partial charge >= 0.3 is 5.97 Å². The number of ether oxygens (including phenoxy) is 2. The number of esters is 1. The smallest absolute Gasteiger partial charge is 0.334 e. The van der Waals surface area contributed by atoms with Gasteiger partial charge in [-0.15, -0.1) is 0 Å². The highest BCUT2D eigenvalue weighted by Gasteiger charge is 2.75. The predicted molar refractivity (Wildman–Crippen MR) is 88.3 cm³/mol. The monoisotopic (exact) mass is 350 g/mol. The normalized spacial score (nSPS) is 50.8. The molecule has 1 N–H and O–H groups in total. The van der Waals surface area contributed by atoms with E-state index in [4.69, 9.17) is 19.2 Å². The number of aliphatic hydroxyl groups is 1. The highest BCUT2D eigenvalue weighted by molar-refractivity contribution is 5.91. The summed E-state index contributed by atoms with van der Waals surface area (Å²) in [5.41, 5.74) is -2.78. The molecule has 1 saturated carbocycles. The van der Waals surface area contributed by atoms with Crippen LogP contribution < -0.4 is 0 Å². The first-order valence-electron chi connectivity index (χ1n) is 8.93. The number of carbonyl (C=O) groups is 1. The second kappa shape index (κ2) is 5.16. The van der Waals surface area contributed by atoms with Gasteiger partial charge in [-0.25, -0.2) is 14.6 Å². The van der Waals surface area contributed by atoms with Crippen molar-refractivity contribution in [3.63, 3.8) is 0 Å². The van der Waals surface area contributed by atoms with Crippen LogP contribution in [0.5, 0.6) is 0 Å². The minimum absolute atomic E-state index is 0.229. The Kier molecular flexibility index (Phi) is 3.55. The van der Waals surface area contributed by atoms with Crippen molar-refractivity contribution in [1.82, 2.24) is 0 Å². The zero-order valence-corrected chi connectivity index (χ0v) is 15.2. The van der Waals surface area contributed by atoms with Crippen LogP contribution in [0.3, 0.4) is 0 Å². The lowest BCUT2D eigenvalue weighted by atomic mass is 9.70. The molecule has 6 nitrogen and oxygen atoms in total. The summed E-state index contributed by atoms with van der Waals surface area (Å²) in [4.78, 5) is 23.5. The molecule has 7 atom stereocenters. The van der Waals surface area contributed by atoms with E-state index in [9.17, 15) is 9.90 Å². The molecule has 4 aliphatic rings. The number of hydrogen-bond donors (Lipinski definition) is 1. The molecule has 0 aromatic heterocycles. The second-order valence-electron chi connectivity index (χ2n) is 8.56. The molecule has 138 valence electrons. The molecule has 0 aromatic rings. The van der Waals surface area contributed by atoms with E-state index in [1.807, 2.05) is 19.1 Å². The van der Waals surface area contributed by atoms with Gasteiger partial charge in [0.1, 0.15) is 17.3 Å². The Morgan fingerprint density at radius 1 is 1.36 bits per heavy atom. The lowest BCUT2D eigenvalue weighted by Crippen LogP contribution is -2.61. The van der Waals surface area contributed by atoms with Gasteiger partial charge in [-0.1, -0.05) is 26.5 Å². The summed E-state index contributed by atoms with van der Waals surface area (Å²) >= 11 is 0. The fourth-order valence-corrected chi connectivity index (χ4v) is 4.84. The Morgan fingerprint density at radius 2 is 2.08 bits per heavy atom. The van der Waals surface area contributed by atoms with Crippen molar-refractivity contribution in [2.45, 2.75) is 63.1 Å². The van der Waals surface area contributed by atoms with Crippen LogP contribution in [0.2, 0.25) is 0 Å². The van der Waals surface area contributed by atoms with Gasteiger partial charge in [-0.2, -0.15) is 0 Å². The molecule has 3 fully saturated rings. The number of hydrogen-bond acceptors (Lipinski definition) is 6. The summed E-state index contributed by atoms with van der Waals surface area (Å²) < 4.78 is 11.8. The van der Waals surface area contributed by atoms with Crippen molar-refractivity contribution in [3.05, 3.63) is 24.3 Å². The molecule has 0 spiro atoms. The van der Waals surface area contributed by atoms with Crippen LogP contribution in [0.25, 0.3) is 0 Å². The second-order valence-corrected chi connectivity index (χ2v) is 8.56. The molecule has 0 radical (unpaired) electrons. The molecule has 2 aliphatic carbocycles. The Morgan fingerprint density at radius 3 is 2.68 bits per heavy atom. The molecular weight excluding hydrogens is 324 g/mol. The van der Waals surface area contributed by atoms with Gasteiger partial charge in [0.15, 0.2) is 5.60 Å². The SMILES string of the molecule is C=C1C(=O)OC2C1CC(OCC(C)C)C(C)(O)C13C=CC(C)(OO1)C23. The van der Waals surface area contributed by atoms with E-state index in [-0.39, 0.29) is 17.8 Å². The van der Waals surface area contributed by atoms with Crippen LogP contribution in [-0.4, -0.2) is 46.7 Å². The fourth-order valence-electron chi connectivity index (χ4n) is 4.84. The third-order valence-electron chi connectivity index (χ3n) is 6.30. The molecule has 2 heterocycles. The quantitative estimate of drug-likeness (QED) is 0.363. The van der Waals surface area contributed by atoms with Crippen LogP contribution in [0.1, 0.15) is 34.1 Å². The van der Waals surface area contributed by atoms with E-state index in [0.29, 0.717) is 24.5 Å². The topological polar surface area (TPSA) is 74.2 Å². The number of rotatable bonds is 3. The molecule has 4 rings (SSSR count). The zero-order chi connectivity index (χ0) is 18.2. The average Bonchev–Trinajstić information content (AvgIpc) is 3.08. The third-order valence-corrected chi connectivity index (χ3v) is 6.30. The van der Waals surface area contributed by atoms with Crippen molar-refractivity contribution < 1.29 is 29.1 Å². The first-order chi connectivity index (χ1) is 11.6. The van der Waals surface area contributed by atoms with Crippen LogP contribution >= 0.6 is 0 Å². The molecule has 0 amide bonds. The summed E-state index contributed by atoms with van der Waals surface area (Å²) in [5, 5.41) is 11.5. The van der Waals surface area contributed by atoms with E-state index in [1.165, 1.54) is 0 Å². The van der Waals surface area contributed by atoms with E-state index < -0.39 is 29.0 Å². The van der Waals surface area contributed by atoms with Crippen molar-refractivity contribution >= 4 is 5.97 Å². The first-order valence-corrected chi connectivity index (χ1v) is 8.93. The van der Waals surface area contributed by atoms with Crippen LogP contribution in [0, 0.1) is 17.8 Å². The zero-order valence-electron chi connectivity index (χ0n) is 15.2. The summed E-state index contributed by atoms with van der Waals surface area (Å²) in [6.45, 7) is 12.2. The molecule has 2 aliphatic heterocycles. The van der Waals surface area contributed by atoms with Crippen molar-refractivity contribution in [1.29, 1.82) is 0 Å². The lowest BCUT2D eigenvalue weighted by Gasteiger charge is -2.43. The molecule has 2 saturated heterocycles. The summed E-state index contributed by atoms with van der Waals surface area (Å²) in [7, 11) is 0. The van der Waals surface area contributed by atoms with Crippen molar-refractivity contribution in [3.8, 4) is 0 Å². The molecule has 2 bridgehead atoms. The highest BCUT2D eigenvalue weighted by atomic mass is 17.2. The van der Waals surface area contributed by atoms with Gasteiger partial charge in [0.05, 0.1) is 12.0 Å². The van der Waals surface area contributed by atoms with Gasteiger partial charge in [0.2, 0.25) is 0 Å². The molecule has 6 heteroatoms. The van der Waals surface area contributed by atoms with E-state index in [2.05, 4.69) is 20.4 Å². The minimum Gasteiger partial charge on any atom is -0.458 e. The fraction of sp³-hybridized carbons (Fsp3) is 0.737. The van der Waals surface area contributed by atoms with Crippen molar-refractivity contribution in [2.75, 3.05) is 6.61 Å². The Balaban J connectivity index is 1.80.